The van der Waals surface area contributed by atoms with Crippen LogP contribution in [-0.2, 0) is 29.7 Å². The fourth-order valence-electron chi connectivity index (χ4n) is 5.94. The van der Waals surface area contributed by atoms with Gasteiger partial charge in [-0.2, -0.15) is 18.2 Å². The summed E-state index contributed by atoms with van der Waals surface area (Å²) in [5, 5.41) is 6.89. The largest absolute Gasteiger partial charge is 0.214 e. The zero-order valence-corrected chi connectivity index (χ0v) is 33.4. The molecule has 46 heavy (non-hydrogen) atoms. The molecule has 5 heteroatoms. The van der Waals surface area contributed by atoms with Gasteiger partial charge in [0.15, 0.2) is 0 Å². The summed E-state index contributed by atoms with van der Waals surface area (Å²) in [5.41, 5.74) is 8.01. The number of fused-ring (bicyclic) bond motifs is 3. The maximum absolute atomic E-state index is 6.26. The molecule has 6 aromatic carbocycles. The van der Waals surface area contributed by atoms with E-state index in [2.05, 4.69) is 85.7 Å². The molecule has 0 saturated carbocycles. The molecule has 0 aliphatic carbocycles. The van der Waals surface area contributed by atoms with Crippen molar-refractivity contribution in [2.75, 3.05) is 0 Å². The fraction of sp³-hybridized carbons (Fsp3) is 0.244. The Hall–Kier alpha value is -1.99. The number of hydrogen-bond acceptors (Lipinski definition) is 0. The molecule has 0 atom stereocenters. The molecule has 0 N–H and O–H groups in total. The Balaban J connectivity index is 0.000000185. The van der Waals surface area contributed by atoms with Crippen LogP contribution in [0, 0.1) is 13.8 Å². The van der Waals surface area contributed by atoms with E-state index in [0.29, 0.717) is 10.0 Å². The van der Waals surface area contributed by atoms with Crippen molar-refractivity contribution in [3.05, 3.63) is 153 Å². The first-order valence-corrected chi connectivity index (χ1v) is 23.8. The number of halogens is 4. The molecule has 0 nitrogen and oxygen atoms in total. The summed E-state index contributed by atoms with van der Waals surface area (Å²) in [7, 11) is 12.5. The predicted molar refractivity (Wildman–Crippen MR) is 204 cm³/mol. The molecule has 0 heterocycles. The van der Waals surface area contributed by atoms with Gasteiger partial charge in [-0.3, -0.25) is 0 Å². The standard InChI is InChI=1S/C23H29.C13H8Cl2.C5H5.2ClH.Zr/c1-14-9-16-11-17-10-15(2)21(23(6,7)8)13-19(17)18(16)12-20(14)22(3,4)5;14-12-5-1-3-10(8-12)7-11-4-2-6-13(15)9-11;1-2-4-5-3-1;;;/h9-13H,1-8H3;1-6,8-9H;1-5H;2*1H;/q-1;;-1;;;+2/p-2. The van der Waals surface area contributed by atoms with Gasteiger partial charge in [-0.05, 0) is 24.7 Å². The fourth-order valence-corrected chi connectivity index (χ4v) is 10.7. The summed E-state index contributed by atoms with van der Waals surface area (Å²) in [5.74, 6) is 0. The van der Waals surface area contributed by atoms with Crippen LogP contribution in [0.1, 0.15) is 74.9 Å². The van der Waals surface area contributed by atoms with Gasteiger partial charge in [0.25, 0.3) is 0 Å². The van der Waals surface area contributed by atoms with E-state index < -0.39 is 18.9 Å². The second-order valence-corrected chi connectivity index (χ2v) is 22.8. The molecule has 0 unspecified atom stereocenters. The Morgan fingerprint density at radius 1 is 0.587 bits per heavy atom. The van der Waals surface area contributed by atoms with Gasteiger partial charge >= 0.3 is 132 Å². The Morgan fingerprint density at radius 2 is 1.00 bits per heavy atom. The van der Waals surface area contributed by atoms with Crippen molar-refractivity contribution in [3.8, 4) is 0 Å². The average Bonchev–Trinajstić information content (AvgIpc) is 3.63. The maximum Gasteiger partial charge on any atom is -0.172 e. The van der Waals surface area contributed by atoms with Gasteiger partial charge in [-0.1, -0.05) is 75.9 Å². The Morgan fingerprint density at radius 3 is 1.30 bits per heavy atom. The number of rotatable bonds is 2. The van der Waals surface area contributed by atoms with Gasteiger partial charge in [0.05, 0.1) is 0 Å². The van der Waals surface area contributed by atoms with E-state index in [0.717, 1.165) is 14.3 Å². The van der Waals surface area contributed by atoms with Crippen molar-refractivity contribution in [1.29, 1.82) is 0 Å². The van der Waals surface area contributed by atoms with Gasteiger partial charge in [-0.25, -0.2) is 12.1 Å². The van der Waals surface area contributed by atoms with Crippen LogP contribution < -0.4 is 0 Å². The first-order valence-electron chi connectivity index (χ1n) is 15.5. The second-order valence-electron chi connectivity index (χ2n) is 13.8. The minimum atomic E-state index is -2.61. The Bertz CT molecular complexity index is 1820. The van der Waals surface area contributed by atoms with Crippen molar-refractivity contribution in [2.24, 2.45) is 0 Å². The normalized spacial score (nSPS) is 11.5. The molecule has 0 aliphatic rings. The van der Waals surface area contributed by atoms with E-state index in [9.17, 15) is 0 Å². The first-order chi connectivity index (χ1) is 21.6. The van der Waals surface area contributed by atoms with Crippen molar-refractivity contribution >= 4 is 65.0 Å². The van der Waals surface area contributed by atoms with Crippen molar-refractivity contribution in [1.82, 2.24) is 0 Å². The summed E-state index contributed by atoms with van der Waals surface area (Å²) in [6.45, 7) is 18.3. The van der Waals surface area contributed by atoms with Crippen LogP contribution in [0.25, 0.3) is 21.5 Å². The van der Waals surface area contributed by atoms with Crippen LogP contribution in [0.2, 0.25) is 10.0 Å². The van der Waals surface area contributed by atoms with Crippen LogP contribution in [0.5, 0.6) is 0 Å². The van der Waals surface area contributed by atoms with Gasteiger partial charge in [-0.15, -0.1) is 39.7 Å². The summed E-state index contributed by atoms with van der Waals surface area (Å²) in [6, 6.07) is 37.0. The molecule has 0 radical (unpaired) electrons. The number of hydrogen-bond donors (Lipinski definition) is 0. The van der Waals surface area contributed by atoms with Gasteiger partial charge < -0.3 is 0 Å². The molecular formula is C41H42Cl4Zr-2. The molecule has 0 spiro atoms. The van der Waals surface area contributed by atoms with E-state index in [-0.39, 0.29) is 10.8 Å². The molecule has 240 valence electrons. The maximum atomic E-state index is 6.26. The Kier molecular flexibility index (Phi) is 12.4. The van der Waals surface area contributed by atoms with Crippen molar-refractivity contribution in [2.45, 2.75) is 66.2 Å². The minimum Gasteiger partial charge on any atom is -0.214 e. The summed E-state index contributed by atoms with van der Waals surface area (Å²) >= 11 is 9.40. The van der Waals surface area contributed by atoms with Crippen molar-refractivity contribution in [3.63, 3.8) is 0 Å². The van der Waals surface area contributed by atoms with E-state index in [1.165, 1.54) is 43.8 Å². The van der Waals surface area contributed by atoms with E-state index in [1.54, 1.807) is 0 Å². The number of aryl methyl sites for hydroxylation is 2. The number of benzene rings is 4. The van der Waals surface area contributed by atoms with Crippen LogP contribution >= 0.6 is 40.2 Å². The van der Waals surface area contributed by atoms with Gasteiger partial charge in [0.1, 0.15) is 0 Å². The molecule has 0 fully saturated rings. The minimum absolute atomic E-state index is 0.180. The average molecular weight is 768 g/mol. The van der Waals surface area contributed by atoms with Gasteiger partial charge in [0, 0.05) is 0 Å². The van der Waals surface area contributed by atoms with E-state index in [4.69, 9.17) is 40.2 Å². The van der Waals surface area contributed by atoms with Crippen molar-refractivity contribution < 1.29 is 18.9 Å². The zero-order chi connectivity index (χ0) is 33.8. The molecule has 0 aromatic heterocycles. The van der Waals surface area contributed by atoms with Crippen LogP contribution in [0.3, 0.4) is 0 Å². The molecule has 0 saturated heterocycles. The monoisotopic (exact) mass is 764 g/mol. The van der Waals surface area contributed by atoms with Crippen LogP contribution in [-0.4, -0.2) is 3.21 Å². The first kappa shape index (κ1) is 36.8. The molecule has 0 amide bonds. The second kappa shape index (κ2) is 15.5. The predicted octanol–water partition coefficient (Wildman–Crippen LogP) is 13.8. The third-order valence-electron chi connectivity index (χ3n) is 7.98. The molecule has 6 rings (SSSR count). The smallest absolute Gasteiger partial charge is 0.172 e. The summed E-state index contributed by atoms with van der Waals surface area (Å²) < 4.78 is 0.991. The molecule has 0 aliphatic heterocycles. The third kappa shape index (κ3) is 9.33. The third-order valence-corrected chi connectivity index (χ3v) is 13.0. The molecule has 0 bridgehead atoms. The quantitative estimate of drug-likeness (QED) is 0.154. The van der Waals surface area contributed by atoms with Gasteiger partial charge in [0.2, 0.25) is 0 Å². The van der Waals surface area contributed by atoms with Crippen LogP contribution in [0.4, 0.5) is 0 Å². The SMILES string of the molecule is Cc1cc2[cH-]c3cc(C)c(C(C)(C)C)cc3c2cc1C(C)(C)C.Clc1cccc([C](c2cccc(Cl)c2)=[Zr]([Cl])[Cl])c1.c1cc[cH-]c1. The molecule has 6 aromatic rings. The Labute approximate surface area is 300 Å². The zero-order valence-electron chi connectivity index (χ0n) is 27.9. The summed E-state index contributed by atoms with van der Waals surface area (Å²) in [6.07, 6.45) is 0. The molecular weight excluding hydrogens is 725 g/mol. The van der Waals surface area contributed by atoms with E-state index >= 15 is 0 Å². The summed E-state index contributed by atoms with van der Waals surface area (Å²) in [4.78, 5) is 0. The van der Waals surface area contributed by atoms with E-state index in [1.807, 2.05) is 78.9 Å². The topological polar surface area (TPSA) is 0 Å². The van der Waals surface area contributed by atoms with Crippen LogP contribution in [0.15, 0.2) is 109 Å².